The maximum atomic E-state index is 14.0. The van der Waals surface area contributed by atoms with Crippen LogP contribution in [0.3, 0.4) is 0 Å². The molecular formula is C19H23FN8O2. The summed E-state index contributed by atoms with van der Waals surface area (Å²) in [4.78, 5) is 23.1. The van der Waals surface area contributed by atoms with Crippen LogP contribution < -0.4 is 26.2 Å². The third-order valence-corrected chi connectivity index (χ3v) is 5.12. The number of carbonyl (C=O) groups is 1. The van der Waals surface area contributed by atoms with Gasteiger partial charge in [-0.2, -0.15) is 10.1 Å². The van der Waals surface area contributed by atoms with E-state index in [-0.39, 0.29) is 29.3 Å². The van der Waals surface area contributed by atoms with Gasteiger partial charge in [0.2, 0.25) is 11.9 Å². The third-order valence-electron chi connectivity index (χ3n) is 5.12. The van der Waals surface area contributed by atoms with Gasteiger partial charge in [-0.1, -0.05) is 0 Å². The molecule has 158 valence electrons. The molecule has 0 aliphatic carbocycles. The highest BCUT2D eigenvalue weighted by molar-refractivity contribution is 5.94. The van der Waals surface area contributed by atoms with Crippen molar-refractivity contribution in [2.75, 3.05) is 36.3 Å². The smallest absolute Gasteiger partial charge is 0.243 e. The largest absolute Gasteiger partial charge is 0.494 e. The summed E-state index contributed by atoms with van der Waals surface area (Å²) in [6.45, 7) is 1.45. The Bertz CT molecular complexity index is 1090. The summed E-state index contributed by atoms with van der Waals surface area (Å²) in [5, 5.41) is 4.54. The van der Waals surface area contributed by atoms with E-state index in [1.165, 1.54) is 19.2 Å². The van der Waals surface area contributed by atoms with E-state index in [0.717, 1.165) is 25.1 Å². The number of piperidine rings is 1. The van der Waals surface area contributed by atoms with Crippen molar-refractivity contribution >= 4 is 34.3 Å². The van der Waals surface area contributed by atoms with Crippen molar-refractivity contribution in [3.8, 4) is 5.75 Å². The van der Waals surface area contributed by atoms with Gasteiger partial charge in [-0.05, 0) is 18.9 Å². The number of nitrogens with one attached hydrogen (secondary N) is 2. The number of hydrazine groups is 1. The van der Waals surface area contributed by atoms with Gasteiger partial charge in [0.05, 0.1) is 30.3 Å². The molecule has 1 unspecified atom stereocenters. The van der Waals surface area contributed by atoms with E-state index in [1.807, 2.05) is 13.2 Å². The van der Waals surface area contributed by atoms with Crippen LogP contribution in [0.25, 0.3) is 10.9 Å². The number of benzene rings is 1. The SMILES string of the molecule is COc1cc(F)cc2c(NNC(=O)C3CCCN(c4cnn(C)c4)C3)nc(N)nc12. The van der Waals surface area contributed by atoms with Crippen LogP contribution >= 0.6 is 0 Å². The number of aryl methyl sites for hydroxylation is 1. The van der Waals surface area contributed by atoms with E-state index in [4.69, 9.17) is 10.5 Å². The average Bonchev–Trinajstić information content (AvgIpc) is 3.18. The van der Waals surface area contributed by atoms with Crippen LogP contribution in [0.1, 0.15) is 12.8 Å². The van der Waals surface area contributed by atoms with E-state index >= 15 is 0 Å². The van der Waals surface area contributed by atoms with E-state index < -0.39 is 5.82 Å². The number of hydrogen-bond acceptors (Lipinski definition) is 8. The lowest BCUT2D eigenvalue weighted by atomic mass is 9.97. The molecule has 10 nitrogen and oxygen atoms in total. The second-order valence-corrected chi connectivity index (χ2v) is 7.21. The Labute approximate surface area is 172 Å². The number of nitrogens with zero attached hydrogens (tertiary/aromatic N) is 5. The number of anilines is 3. The summed E-state index contributed by atoms with van der Waals surface area (Å²) in [5.74, 6) is -0.511. The Hall–Kier alpha value is -3.63. The molecule has 0 spiro atoms. The highest BCUT2D eigenvalue weighted by atomic mass is 19.1. The molecule has 1 aliphatic heterocycles. The Kier molecular flexibility index (Phi) is 5.25. The van der Waals surface area contributed by atoms with Crippen LogP contribution in [0.4, 0.5) is 21.8 Å². The minimum Gasteiger partial charge on any atom is -0.494 e. The van der Waals surface area contributed by atoms with E-state index in [2.05, 4.69) is 30.8 Å². The fraction of sp³-hybridized carbons (Fsp3) is 0.368. The molecule has 1 amide bonds. The van der Waals surface area contributed by atoms with Gasteiger partial charge < -0.3 is 15.4 Å². The highest BCUT2D eigenvalue weighted by Crippen LogP contribution is 2.30. The van der Waals surface area contributed by atoms with Crippen molar-refractivity contribution in [2.45, 2.75) is 12.8 Å². The number of ether oxygens (including phenoxy) is 1. The summed E-state index contributed by atoms with van der Waals surface area (Å²) >= 11 is 0. The summed E-state index contributed by atoms with van der Waals surface area (Å²) in [7, 11) is 3.27. The van der Waals surface area contributed by atoms with Crippen molar-refractivity contribution in [2.24, 2.45) is 13.0 Å². The maximum Gasteiger partial charge on any atom is 0.243 e. The van der Waals surface area contributed by atoms with Gasteiger partial charge in [-0.3, -0.25) is 20.3 Å². The average molecular weight is 414 g/mol. The molecule has 2 aromatic heterocycles. The fourth-order valence-electron chi connectivity index (χ4n) is 3.66. The Balaban J connectivity index is 1.50. The number of nitrogen functional groups attached to an aromatic ring is 1. The molecule has 1 fully saturated rings. The molecule has 4 N–H and O–H groups in total. The van der Waals surface area contributed by atoms with Crippen molar-refractivity contribution in [1.29, 1.82) is 0 Å². The van der Waals surface area contributed by atoms with Gasteiger partial charge in [-0.25, -0.2) is 9.37 Å². The number of amides is 1. The molecule has 3 aromatic rings. The summed E-state index contributed by atoms with van der Waals surface area (Å²) in [5.41, 5.74) is 12.6. The molecule has 1 saturated heterocycles. The first-order chi connectivity index (χ1) is 14.4. The minimum absolute atomic E-state index is 0.0235. The van der Waals surface area contributed by atoms with Crippen molar-refractivity contribution in [3.63, 3.8) is 0 Å². The number of aromatic nitrogens is 4. The Morgan fingerprint density at radius 2 is 2.20 bits per heavy atom. The number of methoxy groups -OCH3 is 1. The number of nitrogens with two attached hydrogens (primary N) is 1. The number of rotatable bonds is 5. The standard InChI is InChI=1S/C19H23FN8O2/c1-27-10-13(8-22-27)28-5-3-4-11(9-28)18(29)26-25-17-14-6-12(20)7-15(30-2)16(14)23-19(21)24-17/h6-8,10-11H,3-5,9H2,1-2H3,(H,26,29)(H3,21,23,24,25). The third kappa shape index (κ3) is 3.91. The minimum atomic E-state index is -0.513. The lowest BCUT2D eigenvalue weighted by Gasteiger charge is -2.32. The number of hydrogen-bond donors (Lipinski definition) is 3. The first-order valence-corrected chi connectivity index (χ1v) is 9.55. The van der Waals surface area contributed by atoms with Gasteiger partial charge in [0.15, 0.2) is 5.82 Å². The predicted molar refractivity (Wildman–Crippen MR) is 110 cm³/mol. The van der Waals surface area contributed by atoms with Crippen LogP contribution in [0.15, 0.2) is 24.5 Å². The van der Waals surface area contributed by atoms with Crippen molar-refractivity contribution < 1.29 is 13.9 Å². The van der Waals surface area contributed by atoms with Crippen molar-refractivity contribution in [1.82, 2.24) is 25.2 Å². The van der Waals surface area contributed by atoms with E-state index in [0.29, 0.717) is 17.4 Å². The molecule has 0 saturated carbocycles. The molecule has 1 aromatic carbocycles. The first-order valence-electron chi connectivity index (χ1n) is 9.55. The first kappa shape index (κ1) is 19.7. The lowest BCUT2D eigenvalue weighted by molar-refractivity contribution is -0.124. The van der Waals surface area contributed by atoms with Gasteiger partial charge in [-0.15, -0.1) is 0 Å². The molecule has 30 heavy (non-hydrogen) atoms. The van der Waals surface area contributed by atoms with Gasteiger partial charge in [0, 0.05) is 32.4 Å². The molecule has 0 radical (unpaired) electrons. The van der Waals surface area contributed by atoms with Crippen LogP contribution in [0, 0.1) is 11.7 Å². The maximum absolute atomic E-state index is 14.0. The second-order valence-electron chi connectivity index (χ2n) is 7.21. The zero-order valence-corrected chi connectivity index (χ0v) is 16.7. The summed E-state index contributed by atoms with van der Waals surface area (Å²) in [6, 6.07) is 2.47. The van der Waals surface area contributed by atoms with Crippen LogP contribution in [0.2, 0.25) is 0 Å². The van der Waals surface area contributed by atoms with Gasteiger partial charge >= 0.3 is 0 Å². The zero-order valence-electron chi connectivity index (χ0n) is 16.7. The van der Waals surface area contributed by atoms with E-state index in [1.54, 1.807) is 10.9 Å². The van der Waals surface area contributed by atoms with Crippen LogP contribution in [-0.2, 0) is 11.8 Å². The highest BCUT2D eigenvalue weighted by Gasteiger charge is 2.27. The number of halogens is 1. The molecular weight excluding hydrogens is 391 g/mol. The normalized spacial score (nSPS) is 16.5. The monoisotopic (exact) mass is 414 g/mol. The zero-order chi connectivity index (χ0) is 21.3. The lowest BCUT2D eigenvalue weighted by Crippen LogP contribution is -2.44. The van der Waals surface area contributed by atoms with Gasteiger partial charge in [0.25, 0.3) is 0 Å². The summed E-state index contributed by atoms with van der Waals surface area (Å²) < 4.78 is 20.9. The fourth-order valence-corrected chi connectivity index (χ4v) is 3.66. The predicted octanol–water partition coefficient (Wildman–Crippen LogP) is 1.45. The quantitative estimate of drug-likeness (QED) is 0.536. The van der Waals surface area contributed by atoms with Crippen LogP contribution in [0.5, 0.6) is 5.75 Å². The summed E-state index contributed by atoms with van der Waals surface area (Å²) in [6.07, 6.45) is 5.37. The second kappa shape index (κ2) is 8.01. The molecule has 11 heteroatoms. The Morgan fingerprint density at radius 1 is 1.37 bits per heavy atom. The van der Waals surface area contributed by atoms with E-state index in [9.17, 15) is 9.18 Å². The molecule has 0 bridgehead atoms. The molecule has 1 atom stereocenters. The number of carbonyl (C=O) groups excluding carboxylic acids is 1. The molecule has 3 heterocycles. The molecule has 1 aliphatic rings. The topological polar surface area (TPSA) is 123 Å². The van der Waals surface area contributed by atoms with Crippen LogP contribution in [-0.4, -0.2) is 45.9 Å². The van der Waals surface area contributed by atoms with Crippen molar-refractivity contribution in [3.05, 3.63) is 30.3 Å². The molecule has 4 rings (SSSR count). The number of fused-ring (bicyclic) bond motifs is 1. The van der Waals surface area contributed by atoms with Gasteiger partial charge in [0.1, 0.15) is 17.1 Å². The Morgan fingerprint density at radius 3 is 2.93 bits per heavy atom.